The van der Waals surface area contributed by atoms with Crippen LogP contribution in [0.1, 0.15) is 0 Å². The molecule has 2 aliphatic rings. The third-order valence-corrected chi connectivity index (χ3v) is 6.31. The maximum Gasteiger partial charge on any atom is 0.508 e. The van der Waals surface area contributed by atoms with Crippen molar-refractivity contribution < 1.29 is 22.8 Å². The highest BCUT2D eigenvalue weighted by Gasteiger charge is 2.67. The van der Waals surface area contributed by atoms with Crippen molar-refractivity contribution in [3.8, 4) is 0 Å². The number of ether oxygens (including phenoxy) is 2. The van der Waals surface area contributed by atoms with Gasteiger partial charge in [-0.2, -0.15) is 0 Å². The van der Waals surface area contributed by atoms with Crippen LogP contribution in [0.15, 0.2) is 0 Å². The maximum absolute atomic E-state index is 5.45. The van der Waals surface area contributed by atoms with Gasteiger partial charge in [0.25, 0.3) is 0 Å². The molecule has 2 rings (SSSR count). The fourth-order valence-corrected chi connectivity index (χ4v) is 4.65. The minimum absolute atomic E-state index is 0.106. The smallest absolute Gasteiger partial charge is 0.378 e. The lowest BCUT2D eigenvalue weighted by Crippen LogP contribution is -2.52. The quantitative estimate of drug-likeness (QED) is 0.494. The van der Waals surface area contributed by atoms with Crippen LogP contribution in [0, 0.1) is 0 Å². The van der Waals surface area contributed by atoms with E-state index in [-0.39, 0.29) is 11.1 Å². The van der Waals surface area contributed by atoms with Gasteiger partial charge in [-0.25, -0.2) is 0 Å². The largest absolute Gasteiger partial charge is 0.508 e. The van der Waals surface area contributed by atoms with Crippen LogP contribution in [-0.2, 0) is 22.8 Å². The summed E-state index contributed by atoms with van der Waals surface area (Å²) in [6.45, 7) is 1.95. The lowest BCUT2D eigenvalue weighted by atomic mass is 10.1. The zero-order chi connectivity index (χ0) is 10.2. The summed E-state index contributed by atoms with van der Waals surface area (Å²) >= 11 is 0. The molecule has 2 saturated heterocycles. The van der Waals surface area contributed by atoms with Gasteiger partial charge >= 0.3 is 8.80 Å². The van der Waals surface area contributed by atoms with Crippen LogP contribution in [0.5, 0.6) is 0 Å². The van der Waals surface area contributed by atoms with Gasteiger partial charge in [0.1, 0.15) is 5.60 Å². The average molecular weight is 220 g/mol. The van der Waals surface area contributed by atoms with Gasteiger partial charge in [0.15, 0.2) is 0 Å². The van der Waals surface area contributed by atoms with Crippen molar-refractivity contribution in [2.45, 2.75) is 11.1 Å². The van der Waals surface area contributed by atoms with E-state index in [9.17, 15) is 0 Å². The predicted molar refractivity (Wildman–Crippen MR) is 50.0 cm³/mol. The molecule has 0 aromatic rings. The highest BCUT2D eigenvalue weighted by Crippen LogP contribution is 2.49. The number of rotatable bonds is 4. The van der Waals surface area contributed by atoms with Gasteiger partial charge in [-0.1, -0.05) is 0 Å². The minimum atomic E-state index is -2.61. The lowest BCUT2D eigenvalue weighted by Gasteiger charge is -2.30. The van der Waals surface area contributed by atoms with Crippen molar-refractivity contribution in [3.05, 3.63) is 0 Å². The summed E-state index contributed by atoms with van der Waals surface area (Å²) in [5, 5.41) is 0. The second-order valence-corrected chi connectivity index (χ2v) is 6.77. The van der Waals surface area contributed by atoms with E-state index < -0.39 is 8.80 Å². The second-order valence-electron chi connectivity index (χ2n) is 3.64. The summed E-state index contributed by atoms with van der Waals surface area (Å²) in [4.78, 5) is 0. The van der Waals surface area contributed by atoms with Crippen LogP contribution in [0.2, 0.25) is 5.54 Å². The Hall–Kier alpha value is 0.0169. The van der Waals surface area contributed by atoms with E-state index in [1.165, 1.54) is 0 Å². The Bertz CT molecular complexity index is 206. The van der Waals surface area contributed by atoms with E-state index in [4.69, 9.17) is 22.8 Å². The summed E-state index contributed by atoms with van der Waals surface area (Å²) in [5.41, 5.74) is -0.0798. The van der Waals surface area contributed by atoms with Gasteiger partial charge in [-0.15, -0.1) is 0 Å². The maximum atomic E-state index is 5.45. The third-order valence-electron chi connectivity index (χ3n) is 3.06. The first kappa shape index (κ1) is 10.5. The van der Waals surface area contributed by atoms with Crippen molar-refractivity contribution in [1.29, 1.82) is 0 Å². The van der Waals surface area contributed by atoms with E-state index >= 15 is 0 Å². The van der Waals surface area contributed by atoms with Crippen LogP contribution in [0.4, 0.5) is 0 Å². The van der Waals surface area contributed by atoms with Crippen LogP contribution < -0.4 is 0 Å². The molecule has 0 N–H and O–H groups in total. The predicted octanol–water partition coefficient (Wildman–Crippen LogP) is 0.0339. The first-order chi connectivity index (χ1) is 6.73. The fraction of sp³-hybridized carbons (Fsp3) is 1.00. The molecule has 14 heavy (non-hydrogen) atoms. The standard InChI is InChI=1S/C8H16O5Si/c1-9-14(10-2,11-3)7-4-12-5-8(7)6-13-8/h7H,4-6H2,1-3H3. The highest BCUT2D eigenvalue weighted by molar-refractivity contribution is 6.62. The molecular weight excluding hydrogens is 204 g/mol. The summed E-state index contributed by atoms with van der Waals surface area (Å²) < 4.78 is 27.2. The van der Waals surface area contributed by atoms with Crippen molar-refractivity contribution in [3.63, 3.8) is 0 Å². The monoisotopic (exact) mass is 220 g/mol. The summed E-state index contributed by atoms with van der Waals surface area (Å²) in [7, 11) is 2.25. The molecule has 0 aromatic heterocycles. The Morgan fingerprint density at radius 2 is 1.71 bits per heavy atom. The van der Waals surface area contributed by atoms with Gasteiger partial charge < -0.3 is 22.8 Å². The van der Waals surface area contributed by atoms with Crippen LogP contribution >= 0.6 is 0 Å². The molecule has 2 aliphatic heterocycles. The summed E-state index contributed by atoms with van der Waals surface area (Å²) in [6, 6.07) is 0. The molecule has 2 heterocycles. The van der Waals surface area contributed by atoms with Crippen molar-refractivity contribution in [2.24, 2.45) is 0 Å². The van der Waals surface area contributed by atoms with E-state index in [1.54, 1.807) is 21.3 Å². The van der Waals surface area contributed by atoms with E-state index in [0.717, 1.165) is 6.61 Å². The van der Waals surface area contributed by atoms with E-state index in [2.05, 4.69) is 0 Å². The van der Waals surface area contributed by atoms with Gasteiger partial charge in [-0.3, -0.25) is 0 Å². The van der Waals surface area contributed by atoms with Crippen LogP contribution in [-0.4, -0.2) is 55.6 Å². The van der Waals surface area contributed by atoms with Crippen molar-refractivity contribution in [2.75, 3.05) is 41.2 Å². The molecule has 5 nitrogen and oxygen atoms in total. The molecule has 2 unspecified atom stereocenters. The van der Waals surface area contributed by atoms with Gasteiger partial charge in [0.05, 0.1) is 25.4 Å². The Morgan fingerprint density at radius 3 is 2.14 bits per heavy atom. The summed E-state index contributed by atoms with van der Waals surface area (Å²) in [5.74, 6) is 0. The van der Waals surface area contributed by atoms with Crippen LogP contribution in [0.25, 0.3) is 0 Å². The average Bonchev–Trinajstić information content (AvgIpc) is 2.86. The zero-order valence-electron chi connectivity index (χ0n) is 8.74. The number of hydrogen-bond acceptors (Lipinski definition) is 5. The lowest BCUT2D eigenvalue weighted by molar-refractivity contribution is 0.100. The Morgan fingerprint density at radius 1 is 1.14 bits per heavy atom. The molecule has 0 bridgehead atoms. The Labute approximate surface area is 84.6 Å². The molecule has 82 valence electrons. The number of epoxide rings is 1. The van der Waals surface area contributed by atoms with Crippen molar-refractivity contribution in [1.82, 2.24) is 0 Å². The van der Waals surface area contributed by atoms with Gasteiger partial charge in [0.2, 0.25) is 0 Å². The normalized spacial score (nSPS) is 36.6. The van der Waals surface area contributed by atoms with Crippen molar-refractivity contribution >= 4 is 8.80 Å². The molecule has 0 radical (unpaired) electrons. The van der Waals surface area contributed by atoms with Gasteiger partial charge in [-0.05, 0) is 0 Å². The van der Waals surface area contributed by atoms with E-state index in [0.29, 0.717) is 13.2 Å². The van der Waals surface area contributed by atoms with Gasteiger partial charge in [0, 0.05) is 21.3 Å². The fourth-order valence-electron chi connectivity index (χ4n) is 2.08. The first-order valence-corrected chi connectivity index (χ1v) is 6.40. The Kier molecular flexibility index (Phi) is 2.67. The summed E-state index contributed by atoms with van der Waals surface area (Å²) in [6.07, 6.45) is 0. The molecule has 2 fully saturated rings. The molecule has 0 amide bonds. The molecule has 0 aliphatic carbocycles. The topological polar surface area (TPSA) is 49.5 Å². The second kappa shape index (κ2) is 3.55. The zero-order valence-corrected chi connectivity index (χ0v) is 9.74. The van der Waals surface area contributed by atoms with Crippen LogP contribution in [0.3, 0.4) is 0 Å². The first-order valence-electron chi connectivity index (χ1n) is 4.60. The number of hydrogen-bond donors (Lipinski definition) is 0. The molecule has 0 saturated carbocycles. The molecule has 0 aromatic carbocycles. The Balaban J connectivity index is 2.18. The molecule has 1 spiro atoms. The molecular formula is C8H16O5Si. The molecule has 2 atom stereocenters. The van der Waals surface area contributed by atoms with E-state index in [1.807, 2.05) is 0 Å². The molecule has 6 heteroatoms. The minimum Gasteiger partial charge on any atom is -0.378 e. The SMILES string of the molecule is CO[Si](OC)(OC)C1COCC12CO2. The highest BCUT2D eigenvalue weighted by atomic mass is 28.4. The third kappa shape index (κ3) is 1.34.